The molecule has 1 atom stereocenters. The Morgan fingerprint density at radius 3 is 2.77 bits per heavy atom. The third-order valence-electron chi connectivity index (χ3n) is 2.00. The summed E-state index contributed by atoms with van der Waals surface area (Å²) < 4.78 is 4.89. The number of hydrogen-bond donors (Lipinski definition) is 2. The van der Waals surface area contributed by atoms with Crippen molar-refractivity contribution in [2.45, 2.75) is 26.7 Å². The molecule has 0 aromatic heterocycles. The van der Waals surface area contributed by atoms with E-state index < -0.39 is 0 Å². The first-order valence-corrected chi connectivity index (χ1v) is 4.73. The van der Waals surface area contributed by atoms with Crippen LogP contribution >= 0.6 is 0 Å². The van der Waals surface area contributed by atoms with E-state index in [0.29, 0.717) is 19.1 Å². The van der Waals surface area contributed by atoms with Crippen LogP contribution in [0, 0.1) is 5.92 Å². The number of nitrogens with two attached hydrogens (primary N) is 1. The Morgan fingerprint density at radius 2 is 2.31 bits per heavy atom. The molecule has 0 saturated carbocycles. The summed E-state index contributed by atoms with van der Waals surface area (Å²) in [5.74, 6) is 6.83. The van der Waals surface area contributed by atoms with Gasteiger partial charge in [-0.25, -0.2) is 5.84 Å². The third kappa shape index (κ3) is 6.54. The van der Waals surface area contributed by atoms with Crippen LogP contribution < -0.4 is 11.3 Å². The number of nitrogens with one attached hydrogen (secondary N) is 1. The zero-order valence-electron chi connectivity index (χ0n) is 8.84. The van der Waals surface area contributed by atoms with Gasteiger partial charge in [-0.1, -0.05) is 20.3 Å². The summed E-state index contributed by atoms with van der Waals surface area (Å²) in [4.78, 5) is 4.28. The fraction of sp³-hybridized carbons (Fsp3) is 0.889. The average Bonchev–Trinajstić information content (AvgIpc) is 2.16. The molecule has 0 saturated heterocycles. The van der Waals surface area contributed by atoms with E-state index in [-0.39, 0.29) is 0 Å². The summed E-state index contributed by atoms with van der Waals surface area (Å²) in [6, 6.07) is 0. The molecule has 0 amide bonds. The molecular formula is C9H21N3O. The van der Waals surface area contributed by atoms with Gasteiger partial charge in [0.05, 0.1) is 13.2 Å². The molecule has 0 radical (unpaired) electrons. The van der Waals surface area contributed by atoms with Crippen molar-refractivity contribution in [2.75, 3.05) is 20.3 Å². The first-order chi connectivity index (χ1) is 6.24. The van der Waals surface area contributed by atoms with Gasteiger partial charge in [-0.15, -0.1) is 0 Å². The Hall–Kier alpha value is -0.610. The third-order valence-corrected chi connectivity index (χ3v) is 2.00. The Bertz CT molecular complexity index is 148. The second-order valence-electron chi connectivity index (χ2n) is 3.18. The highest BCUT2D eigenvalue weighted by Crippen LogP contribution is 2.05. The van der Waals surface area contributed by atoms with Gasteiger partial charge in [0.1, 0.15) is 5.84 Å². The van der Waals surface area contributed by atoms with Crippen molar-refractivity contribution in [3.63, 3.8) is 0 Å². The molecule has 4 heteroatoms. The van der Waals surface area contributed by atoms with Gasteiger partial charge >= 0.3 is 0 Å². The summed E-state index contributed by atoms with van der Waals surface area (Å²) >= 11 is 0. The maximum absolute atomic E-state index is 5.34. The number of ether oxygens (including phenoxy) is 1. The number of methoxy groups -OCH3 is 1. The van der Waals surface area contributed by atoms with Crippen LogP contribution in [-0.4, -0.2) is 26.1 Å². The maximum atomic E-state index is 5.34. The van der Waals surface area contributed by atoms with Gasteiger partial charge in [0.2, 0.25) is 0 Å². The van der Waals surface area contributed by atoms with Crippen molar-refractivity contribution >= 4 is 5.84 Å². The summed E-state index contributed by atoms with van der Waals surface area (Å²) in [6.45, 7) is 5.66. The lowest BCUT2D eigenvalue weighted by molar-refractivity contribution is 0.208. The van der Waals surface area contributed by atoms with E-state index in [4.69, 9.17) is 10.6 Å². The highest BCUT2D eigenvalue weighted by Gasteiger charge is 2.03. The van der Waals surface area contributed by atoms with E-state index in [1.54, 1.807) is 7.11 Å². The predicted octanol–water partition coefficient (Wildman–Crippen LogP) is 0.931. The van der Waals surface area contributed by atoms with E-state index in [0.717, 1.165) is 18.7 Å². The number of rotatable bonds is 6. The Labute approximate surface area is 80.5 Å². The summed E-state index contributed by atoms with van der Waals surface area (Å²) in [5, 5.41) is 0. The molecule has 0 aliphatic rings. The van der Waals surface area contributed by atoms with Gasteiger partial charge in [0.15, 0.2) is 0 Å². The summed E-state index contributed by atoms with van der Waals surface area (Å²) in [7, 11) is 1.67. The van der Waals surface area contributed by atoms with Gasteiger partial charge in [-0.2, -0.15) is 0 Å². The van der Waals surface area contributed by atoms with Gasteiger partial charge < -0.3 is 10.2 Å². The Kier molecular flexibility index (Phi) is 7.63. The van der Waals surface area contributed by atoms with Gasteiger partial charge in [-0.3, -0.25) is 4.99 Å². The number of nitrogens with zero attached hydrogens (tertiary/aromatic N) is 1. The molecular weight excluding hydrogens is 166 g/mol. The maximum Gasteiger partial charge on any atom is 0.111 e. The molecule has 0 bridgehead atoms. The minimum atomic E-state index is 0.623. The van der Waals surface area contributed by atoms with Crippen LogP contribution in [0.3, 0.4) is 0 Å². The van der Waals surface area contributed by atoms with Crippen molar-refractivity contribution in [1.82, 2.24) is 5.43 Å². The lowest BCUT2D eigenvalue weighted by Crippen LogP contribution is -2.32. The molecule has 1 unspecified atom stereocenters. The van der Waals surface area contributed by atoms with Crippen LogP contribution in [0.5, 0.6) is 0 Å². The van der Waals surface area contributed by atoms with Gasteiger partial charge in [0, 0.05) is 13.5 Å². The predicted molar refractivity (Wildman–Crippen MR) is 55.6 cm³/mol. The van der Waals surface area contributed by atoms with Crippen molar-refractivity contribution in [3.8, 4) is 0 Å². The first kappa shape index (κ1) is 12.4. The lowest BCUT2D eigenvalue weighted by Gasteiger charge is -2.10. The van der Waals surface area contributed by atoms with E-state index in [9.17, 15) is 0 Å². The molecule has 0 aliphatic carbocycles. The minimum Gasteiger partial charge on any atom is -0.383 e. The Balaban J connectivity index is 3.79. The summed E-state index contributed by atoms with van der Waals surface area (Å²) in [6.07, 6.45) is 2.06. The van der Waals surface area contributed by atoms with Crippen molar-refractivity contribution in [1.29, 1.82) is 0 Å². The van der Waals surface area contributed by atoms with Crippen molar-refractivity contribution < 1.29 is 4.74 Å². The van der Waals surface area contributed by atoms with Crippen molar-refractivity contribution in [3.05, 3.63) is 0 Å². The van der Waals surface area contributed by atoms with Crippen LogP contribution in [0.1, 0.15) is 26.7 Å². The molecule has 0 fully saturated rings. The Morgan fingerprint density at radius 1 is 1.62 bits per heavy atom. The molecule has 3 N–H and O–H groups in total. The summed E-state index contributed by atoms with van der Waals surface area (Å²) in [5.41, 5.74) is 2.62. The zero-order chi connectivity index (χ0) is 10.1. The first-order valence-electron chi connectivity index (χ1n) is 4.73. The average molecular weight is 187 g/mol. The highest BCUT2D eigenvalue weighted by atomic mass is 16.5. The molecule has 0 rings (SSSR count). The number of aliphatic imine (C=N–C) groups is 1. The van der Waals surface area contributed by atoms with Crippen LogP contribution in [0.15, 0.2) is 4.99 Å². The highest BCUT2D eigenvalue weighted by molar-refractivity contribution is 5.81. The van der Waals surface area contributed by atoms with E-state index in [2.05, 4.69) is 24.3 Å². The van der Waals surface area contributed by atoms with E-state index in [1.165, 1.54) is 0 Å². The second kappa shape index (κ2) is 8.01. The van der Waals surface area contributed by atoms with Gasteiger partial charge in [0.25, 0.3) is 0 Å². The van der Waals surface area contributed by atoms with Gasteiger partial charge in [-0.05, 0) is 5.92 Å². The molecule has 0 spiro atoms. The molecule has 13 heavy (non-hydrogen) atoms. The standard InChI is InChI=1S/C9H21N3O/c1-4-8(2)7-9(12-10)11-5-6-13-3/h8H,4-7,10H2,1-3H3,(H,11,12). The molecule has 0 aromatic carbocycles. The van der Waals surface area contributed by atoms with Crippen molar-refractivity contribution in [2.24, 2.45) is 16.8 Å². The van der Waals surface area contributed by atoms with E-state index in [1.807, 2.05) is 0 Å². The molecule has 4 nitrogen and oxygen atoms in total. The number of hydrogen-bond acceptors (Lipinski definition) is 3. The smallest absolute Gasteiger partial charge is 0.111 e. The number of amidine groups is 1. The SMILES string of the molecule is CCC(C)CC(=NCCOC)NN. The fourth-order valence-electron chi connectivity index (χ4n) is 0.915. The van der Waals surface area contributed by atoms with Crippen LogP contribution in [-0.2, 0) is 4.74 Å². The molecule has 0 aromatic rings. The largest absolute Gasteiger partial charge is 0.383 e. The normalized spacial score (nSPS) is 14.3. The minimum absolute atomic E-state index is 0.623. The van der Waals surface area contributed by atoms with Crippen LogP contribution in [0.2, 0.25) is 0 Å². The van der Waals surface area contributed by atoms with Crippen LogP contribution in [0.25, 0.3) is 0 Å². The molecule has 78 valence electrons. The monoisotopic (exact) mass is 187 g/mol. The number of hydrazine groups is 1. The molecule has 0 heterocycles. The fourth-order valence-corrected chi connectivity index (χ4v) is 0.915. The zero-order valence-corrected chi connectivity index (χ0v) is 8.84. The topological polar surface area (TPSA) is 59.6 Å². The second-order valence-corrected chi connectivity index (χ2v) is 3.18. The quantitative estimate of drug-likeness (QED) is 0.214. The lowest BCUT2D eigenvalue weighted by atomic mass is 10.1. The molecule has 0 aliphatic heterocycles. The van der Waals surface area contributed by atoms with Crippen LogP contribution in [0.4, 0.5) is 0 Å². The van der Waals surface area contributed by atoms with E-state index >= 15 is 0 Å².